The van der Waals surface area contributed by atoms with Crippen molar-refractivity contribution in [3.63, 3.8) is 0 Å². The SMILES string of the molecule is C=CC[C@H](NC(=O)OCc1ccccc1)c1cccc(CC(NC(=O)[C@H](C)C=C)C(=O)OC)c1. The molecule has 0 aliphatic carbocycles. The average molecular weight is 465 g/mol. The van der Waals surface area contributed by atoms with E-state index in [1.807, 2.05) is 54.6 Å². The Morgan fingerprint density at radius 3 is 2.35 bits per heavy atom. The molecule has 2 N–H and O–H groups in total. The quantitative estimate of drug-likeness (QED) is 0.362. The van der Waals surface area contributed by atoms with Crippen LogP contribution in [0.25, 0.3) is 0 Å². The number of hydrogen-bond donors (Lipinski definition) is 2. The van der Waals surface area contributed by atoms with Gasteiger partial charge in [0.1, 0.15) is 12.6 Å². The predicted octanol–water partition coefficient (Wildman–Crippen LogP) is 4.25. The van der Waals surface area contributed by atoms with E-state index in [1.165, 1.54) is 13.2 Å². The van der Waals surface area contributed by atoms with Crippen LogP contribution in [0, 0.1) is 5.92 Å². The summed E-state index contributed by atoms with van der Waals surface area (Å²) in [6.07, 6.45) is 3.39. The van der Waals surface area contributed by atoms with Crippen molar-refractivity contribution in [1.82, 2.24) is 10.6 Å². The summed E-state index contributed by atoms with van der Waals surface area (Å²) in [5.74, 6) is -1.30. The molecule has 0 aliphatic heterocycles. The van der Waals surface area contributed by atoms with Gasteiger partial charge < -0.3 is 20.1 Å². The number of carbonyl (C=O) groups is 3. The van der Waals surface area contributed by atoms with Crippen LogP contribution in [0.15, 0.2) is 79.9 Å². The minimum Gasteiger partial charge on any atom is -0.467 e. The van der Waals surface area contributed by atoms with Crippen LogP contribution in [0.1, 0.15) is 36.1 Å². The number of methoxy groups -OCH3 is 1. The molecule has 2 amide bonds. The van der Waals surface area contributed by atoms with Crippen molar-refractivity contribution in [2.75, 3.05) is 7.11 Å². The molecule has 0 aromatic heterocycles. The number of carbonyl (C=O) groups excluding carboxylic acids is 3. The Hall–Kier alpha value is -3.87. The van der Waals surface area contributed by atoms with Crippen molar-refractivity contribution in [3.8, 4) is 0 Å². The molecule has 3 atom stereocenters. The van der Waals surface area contributed by atoms with Crippen molar-refractivity contribution in [1.29, 1.82) is 0 Å². The van der Waals surface area contributed by atoms with E-state index < -0.39 is 24.0 Å². The highest BCUT2D eigenvalue weighted by molar-refractivity contribution is 5.86. The first-order chi connectivity index (χ1) is 16.4. The molecule has 0 bridgehead atoms. The van der Waals surface area contributed by atoms with E-state index in [-0.39, 0.29) is 25.0 Å². The van der Waals surface area contributed by atoms with Crippen molar-refractivity contribution < 1.29 is 23.9 Å². The van der Waals surface area contributed by atoms with E-state index in [4.69, 9.17) is 9.47 Å². The van der Waals surface area contributed by atoms with Crippen LogP contribution in [0.3, 0.4) is 0 Å². The molecule has 7 nitrogen and oxygen atoms in total. The molecule has 7 heteroatoms. The third kappa shape index (κ3) is 8.24. The van der Waals surface area contributed by atoms with Gasteiger partial charge in [0.15, 0.2) is 0 Å². The lowest BCUT2D eigenvalue weighted by molar-refractivity contribution is -0.145. The molecule has 1 unspecified atom stereocenters. The van der Waals surface area contributed by atoms with Gasteiger partial charge in [-0.25, -0.2) is 9.59 Å². The number of ether oxygens (including phenoxy) is 2. The molecule has 2 aromatic carbocycles. The third-order valence-electron chi connectivity index (χ3n) is 5.27. The smallest absolute Gasteiger partial charge is 0.407 e. The first-order valence-electron chi connectivity index (χ1n) is 11.1. The Morgan fingerprint density at radius 2 is 1.71 bits per heavy atom. The first kappa shape index (κ1) is 26.4. The van der Waals surface area contributed by atoms with Gasteiger partial charge in [0.2, 0.25) is 5.91 Å². The number of rotatable bonds is 12. The highest BCUT2D eigenvalue weighted by Gasteiger charge is 2.24. The normalized spacial score (nSPS) is 13.0. The van der Waals surface area contributed by atoms with Gasteiger partial charge in [-0.05, 0) is 23.1 Å². The van der Waals surface area contributed by atoms with Crippen molar-refractivity contribution in [2.45, 2.75) is 38.5 Å². The fourth-order valence-electron chi connectivity index (χ4n) is 3.27. The summed E-state index contributed by atoms with van der Waals surface area (Å²) < 4.78 is 10.2. The fraction of sp³-hybridized carbons (Fsp3) is 0.296. The second-order valence-corrected chi connectivity index (χ2v) is 7.84. The zero-order chi connectivity index (χ0) is 24.9. The molecular weight excluding hydrogens is 432 g/mol. The van der Waals surface area contributed by atoms with Gasteiger partial charge in [0.25, 0.3) is 0 Å². The Morgan fingerprint density at radius 1 is 1.00 bits per heavy atom. The number of alkyl carbamates (subject to hydrolysis) is 1. The molecule has 0 radical (unpaired) electrons. The highest BCUT2D eigenvalue weighted by atomic mass is 16.5. The summed E-state index contributed by atoms with van der Waals surface area (Å²) in [7, 11) is 1.28. The lowest BCUT2D eigenvalue weighted by atomic mass is 9.98. The lowest BCUT2D eigenvalue weighted by Crippen LogP contribution is -2.44. The van der Waals surface area contributed by atoms with Gasteiger partial charge in [-0.15, -0.1) is 13.2 Å². The van der Waals surface area contributed by atoms with Gasteiger partial charge >= 0.3 is 12.1 Å². The number of nitrogens with one attached hydrogen (secondary N) is 2. The number of benzene rings is 2. The minimum absolute atomic E-state index is 0.164. The van der Waals surface area contributed by atoms with E-state index in [1.54, 1.807) is 13.0 Å². The maximum atomic E-state index is 12.4. The highest BCUT2D eigenvalue weighted by Crippen LogP contribution is 2.20. The van der Waals surface area contributed by atoms with Crippen LogP contribution in [0.5, 0.6) is 0 Å². The molecule has 0 saturated carbocycles. The largest absolute Gasteiger partial charge is 0.467 e. The molecule has 0 spiro atoms. The van der Waals surface area contributed by atoms with E-state index in [0.29, 0.717) is 6.42 Å². The molecule has 0 fully saturated rings. The molecular formula is C27H32N2O5. The number of esters is 1. The lowest BCUT2D eigenvalue weighted by Gasteiger charge is -2.21. The van der Waals surface area contributed by atoms with Crippen LogP contribution in [0.2, 0.25) is 0 Å². The van der Waals surface area contributed by atoms with Crippen LogP contribution in [-0.2, 0) is 32.1 Å². The summed E-state index contributed by atoms with van der Waals surface area (Å²) in [4.78, 5) is 36.9. The first-order valence-corrected chi connectivity index (χ1v) is 11.1. The summed E-state index contributed by atoms with van der Waals surface area (Å²) in [5, 5.41) is 5.58. The van der Waals surface area contributed by atoms with Crippen molar-refractivity contribution in [2.24, 2.45) is 5.92 Å². The topological polar surface area (TPSA) is 93.7 Å². The van der Waals surface area contributed by atoms with Crippen molar-refractivity contribution >= 4 is 18.0 Å². The standard InChI is InChI=1S/C27H32N2O5/c1-5-11-23(29-27(32)34-18-20-12-8-7-9-13-20)22-15-10-14-21(16-22)17-24(26(31)33-4)28-25(30)19(3)6-2/h5-10,12-16,19,23-24H,1-2,11,17-18H2,3-4H3,(H,28,30)(H,29,32)/t19-,23+,24?/m1/s1. The van der Waals surface area contributed by atoms with E-state index in [0.717, 1.165) is 16.7 Å². The van der Waals surface area contributed by atoms with E-state index >= 15 is 0 Å². The number of hydrogen-bond acceptors (Lipinski definition) is 5. The fourth-order valence-corrected chi connectivity index (χ4v) is 3.27. The molecule has 0 heterocycles. The van der Waals surface area contributed by atoms with Gasteiger partial charge in [-0.2, -0.15) is 0 Å². The molecule has 180 valence electrons. The average Bonchev–Trinajstić information content (AvgIpc) is 2.86. The van der Waals surface area contributed by atoms with Crippen LogP contribution in [0.4, 0.5) is 4.79 Å². The summed E-state index contributed by atoms with van der Waals surface area (Å²) in [6.45, 7) is 9.25. The third-order valence-corrected chi connectivity index (χ3v) is 5.27. The zero-order valence-corrected chi connectivity index (χ0v) is 19.7. The molecule has 0 saturated heterocycles. The van der Waals surface area contributed by atoms with Crippen molar-refractivity contribution in [3.05, 3.63) is 96.6 Å². The van der Waals surface area contributed by atoms with E-state index in [9.17, 15) is 14.4 Å². The predicted molar refractivity (Wildman–Crippen MR) is 131 cm³/mol. The Labute approximate surface area is 200 Å². The summed E-state index contributed by atoms with van der Waals surface area (Å²) in [5.41, 5.74) is 2.51. The molecule has 0 aliphatic rings. The maximum absolute atomic E-state index is 12.4. The zero-order valence-electron chi connectivity index (χ0n) is 19.7. The monoisotopic (exact) mass is 464 g/mol. The van der Waals surface area contributed by atoms with Crippen LogP contribution >= 0.6 is 0 Å². The molecule has 34 heavy (non-hydrogen) atoms. The molecule has 2 aromatic rings. The van der Waals surface area contributed by atoms with Gasteiger partial charge in [0, 0.05) is 6.42 Å². The summed E-state index contributed by atoms with van der Waals surface area (Å²) in [6, 6.07) is 15.6. The Bertz CT molecular complexity index is 990. The second-order valence-electron chi connectivity index (χ2n) is 7.84. The Balaban J connectivity index is 2.11. The minimum atomic E-state index is -0.850. The Kier molecular flexibility index (Phi) is 10.6. The van der Waals surface area contributed by atoms with Gasteiger partial charge in [0.05, 0.1) is 19.1 Å². The number of amides is 2. The van der Waals surface area contributed by atoms with Gasteiger partial charge in [-0.1, -0.05) is 73.7 Å². The maximum Gasteiger partial charge on any atom is 0.407 e. The van der Waals surface area contributed by atoms with Gasteiger partial charge in [-0.3, -0.25) is 4.79 Å². The second kappa shape index (κ2) is 13.6. The van der Waals surface area contributed by atoms with Crippen LogP contribution < -0.4 is 10.6 Å². The molecule has 2 rings (SSSR count). The van der Waals surface area contributed by atoms with E-state index in [2.05, 4.69) is 23.8 Å². The summed E-state index contributed by atoms with van der Waals surface area (Å²) >= 11 is 0. The van der Waals surface area contributed by atoms with Crippen LogP contribution in [-0.4, -0.2) is 31.1 Å².